The van der Waals surface area contributed by atoms with Gasteiger partial charge in [-0.3, -0.25) is 14.6 Å². The molecule has 0 aliphatic carbocycles. The maximum absolute atomic E-state index is 11.3. The topological polar surface area (TPSA) is 58.8 Å². The lowest BCUT2D eigenvalue weighted by atomic mass is 10.2. The van der Waals surface area contributed by atoms with E-state index in [2.05, 4.69) is 14.5 Å². The quantitative estimate of drug-likeness (QED) is 0.682. The van der Waals surface area contributed by atoms with E-state index in [9.17, 15) is 4.79 Å². The van der Waals surface area contributed by atoms with Gasteiger partial charge in [0.2, 0.25) is 0 Å². The van der Waals surface area contributed by atoms with Crippen molar-refractivity contribution in [3.8, 4) is 0 Å². The van der Waals surface area contributed by atoms with E-state index in [1.165, 1.54) is 39.5 Å². The molecule has 2 heterocycles. The molecule has 2 saturated heterocycles. The number of carbonyl (C=O) groups excluding carboxylic acids is 1. The predicted octanol–water partition coefficient (Wildman–Crippen LogP) is -0.343. The summed E-state index contributed by atoms with van der Waals surface area (Å²) in [6, 6.07) is 0.166. The lowest BCUT2D eigenvalue weighted by Gasteiger charge is -2.24. The molecule has 0 spiro atoms. The van der Waals surface area contributed by atoms with Crippen molar-refractivity contribution in [1.29, 1.82) is 0 Å². The summed E-state index contributed by atoms with van der Waals surface area (Å²) in [5.74, 6) is -0.311. The molecule has 0 aromatic heterocycles. The molecule has 5 heteroatoms. The number of rotatable bonds is 4. The fraction of sp³-hybridized carbons (Fsp3) is 0.917. The zero-order valence-electron chi connectivity index (χ0n) is 10.6. The molecule has 0 bridgehead atoms. The highest BCUT2D eigenvalue weighted by molar-refractivity contribution is 5.75. The van der Waals surface area contributed by atoms with E-state index in [-0.39, 0.29) is 5.97 Å². The van der Waals surface area contributed by atoms with Crippen molar-refractivity contribution in [1.82, 2.24) is 9.80 Å². The van der Waals surface area contributed by atoms with Crippen LogP contribution in [0.2, 0.25) is 0 Å². The van der Waals surface area contributed by atoms with E-state index in [1.54, 1.807) is 0 Å². The van der Waals surface area contributed by atoms with Crippen LogP contribution in [0.5, 0.6) is 0 Å². The van der Waals surface area contributed by atoms with Crippen molar-refractivity contribution >= 4 is 5.97 Å². The van der Waals surface area contributed by atoms with Gasteiger partial charge in [0.15, 0.2) is 0 Å². The van der Waals surface area contributed by atoms with Gasteiger partial charge >= 0.3 is 5.97 Å². The van der Waals surface area contributed by atoms with Gasteiger partial charge in [0, 0.05) is 19.1 Å². The van der Waals surface area contributed by atoms with Crippen molar-refractivity contribution in [2.45, 2.75) is 31.3 Å². The van der Waals surface area contributed by atoms with Gasteiger partial charge in [-0.15, -0.1) is 0 Å². The van der Waals surface area contributed by atoms with E-state index < -0.39 is 6.04 Å². The molecule has 2 fully saturated rings. The van der Waals surface area contributed by atoms with Crippen molar-refractivity contribution in [2.24, 2.45) is 5.73 Å². The molecule has 2 aliphatic heterocycles. The Bertz CT molecular complexity index is 266. The Balaban J connectivity index is 1.75. The summed E-state index contributed by atoms with van der Waals surface area (Å²) in [7, 11) is 1.39. The Kier molecular flexibility index (Phi) is 4.36. The van der Waals surface area contributed by atoms with E-state index in [1.807, 2.05) is 0 Å². The Morgan fingerprint density at radius 2 is 2.12 bits per heavy atom. The van der Waals surface area contributed by atoms with Gasteiger partial charge in [-0.05, 0) is 38.9 Å². The summed E-state index contributed by atoms with van der Waals surface area (Å²) in [5.41, 5.74) is 5.78. The highest BCUT2D eigenvalue weighted by Gasteiger charge is 2.30. The van der Waals surface area contributed by atoms with Crippen LogP contribution in [0.25, 0.3) is 0 Å². The first-order valence-corrected chi connectivity index (χ1v) is 6.50. The van der Waals surface area contributed by atoms with Crippen LogP contribution in [-0.2, 0) is 9.53 Å². The molecule has 0 radical (unpaired) electrons. The fourth-order valence-corrected chi connectivity index (χ4v) is 2.89. The Labute approximate surface area is 103 Å². The average molecular weight is 241 g/mol. The molecule has 2 unspecified atom stereocenters. The fourth-order valence-electron chi connectivity index (χ4n) is 2.89. The van der Waals surface area contributed by atoms with Gasteiger partial charge in [0.1, 0.15) is 6.04 Å². The largest absolute Gasteiger partial charge is 0.468 e. The highest BCUT2D eigenvalue weighted by atomic mass is 16.5. The molecular formula is C12H23N3O2. The van der Waals surface area contributed by atoms with E-state index in [0.29, 0.717) is 12.6 Å². The zero-order valence-corrected chi connectivity index (χ0v) is 10.6. The molecule has 0 saturated carbocycles. The SMILES string of the molecule is COC(=O)C(N)CN1CCC(N2CCCC2)C1. The summed E-state index contributed by atoms with van der Waals surface area (Å²) in [6.07, 6.45) is 3.87. The minimum absolute atomic E-state index is 0.311. The lowest BCUT2D eigenvalue weighted by molar-refractivity contribution is -0.142. The van der Waals surface area contributed by atoms with E-state index >= 15 is 0 Å². The average Bonchev–Trinajstić information content (AvgIpc) is 2.97. The molecule has 2 atom stereocenters. The first-order valence-electron chi connectivity index (χ1n) is 6.50. The highest BCUT2D eigenvalue weighted by Crippen LogP contribution is 2.20. The normalized spacial score (nSPS) is 28.5. The number of carbonyl (C=O) groups is 1. The summed E-state index contributed by atoms with van der Waals surface area (Å²) >= 11 is 0. The van der Waals surface area contributed by atoms with Gasteiger partial charge in [0.05, 0.1) is 7.11 Å². The van der Waals surface area contributed by atoms with Crippen LogP contribution < -0.4 is 5.73 Å². The summed E-state index contributed by atoms with van der Waals surface area (Å²) in [5, 5.41) is 0. The second-order valence-corrected chi connectivity index (χ2v) is 5.07. The molecule has 2 rings (SSSR count). The molecular weight excluding hydrogens is 218 g/mol. The number of nitrogens with zero attached hydrogens (tertiary/aromatic N) is 2. The van der Waals surface area contributed by atoms with Crippen LogP contribution in [-0.4, -0.2) is 67.7 Å². The van der Waals surface area contributed by atoms with Crippen molar-refractivity contribution in [2.75, 3.05) is 39.8 Å². The van der Waals surface area contributed by atoms with Crippen LogP contribution in [0, 0.1) is 0 Å². The molecule has 17 heavy (non-hydrogen) atoms. The van der Waals surface area contributed by atoms with Crippen LogP contribution in [0.1, 0.15) is 19.3 Å². The standard InChI is InChI=1S/C12H23N3O2/c1-17-12(16)11(13)9-14-7-4-10(8-14)15-5-2-3-6-15/h10-11H,2-9,13H2,1H3. The zero-order chi connectivity index (χ0) is 12.3. The summed E-state index contributed by atoms with van der Waals surface area (Å²) in [4.78, 5) is 16.1. The van der Waals surface area contributed by atoms with Crippen molar-refractivity contribution in [3.05, 3.63) is 0 Å². The Morgan fingerprint density at radius 1 is 1.41 bits per heavy atom. The number of esters is 1. The minimum Gasteiger partial charge on any atom is -0.468 e. The minimum atomic E-state index is -0.502. The Morgan fingerprint density at radius 3 is 2.76 bits per heavy atom. The molecule has 5 nitrogen and oxygen atoms in total. The molecule has 0 aromatic rings. The second-order valence-electron chi connectivity index (χ2n) is 5.07. The van der Waals surface area contributed by atoms with Gasteiger partial charge in [-0.2, -0.15) is 0 Å². The van der Waals surface area contributed by atoms with Crippen molar-refractivity contribution < 1.29 is 9.53 Å². The van der Waals surface area contributed by atoms with Crippen LogP contribution in [0.3, 0.4) is 0 Å². The smallest absolute Gasteiger partial charge is 0.323 e. The maximum Gasteiger partial charge on any atom is 0.323 e. The number of ether oxygens (including phenoxy) is 1. The number of likely N-dealkylation sites (tertiary alicyclic amines) is 2. The molecule has 98 valence electrons. The molecule has 2 N–H and O–H groups in total. The second kappa shape index (κ2) is 5.80. The monoisotopic (exact) mass is 241 g/mol. The molecule has 2 aliphatic rings. The summed E-state index contributed by atoms with van der Waals surface area (Å²) in [6.45, 7) is 5.19. The van der Waals surface area contributed by atoms with E-state index in [4.69, 9.17) is 5.73 Å². The van der Waals surface area contributed by atoms with Gasteiger partial charge < -0.3 is 10.5 Å². The third kappa shape index (κ3) is 3.18. The number of hydrogen-bond acceptors (Lipinski definition) is 5. The number of methoxy groups -OCH3 is 1. The van der Waals surface area contributed by atoms with Gasteiger partial charge in [0.25, 0.3) is 0 Å². The van der Waals surface area contributed by atoms with E-state index in [0.717, 1.165) is 13.1 Å². The first kappa shape index (κ1) is 12.8. The van der Waals surface area contributed by atoms with Crippen LogP contribution in [0.4, 0.5) is 0 Å². The predicted molar refractivity (Wildman–Crippen MR) is 65.6 cm³/mol. The van der Waals surface area contributed by atoms with Crippen molar-refractivity contribution in [3.63, 3.8) is 0 Å². The Hall–Kier alpha value is -0.650. The third-order valence-electron chi connectivity index (χ3n) is 3.86. The van der Waals surface area contributed by atoms with Crippen LogP contribution in [0.15, 0.2) is 0 Å². The molecule has 0 aromatic carbocycles. The van der Waals surface area contributed by atoms with Gasteiger partial charge in [-0.25, -0.2) is 0 Å². The van der Waals surface area contributed by atoms with Crippen LogP contribution >= 0.6 is 0 Å². The molecule has 0 amide bonds. The summed E-state index contributed by atoms with van der Waals surface area (Å²) < 4.78 is 4.65. The number of nitrogens with two attached hydrogens (primary N) is 1. The third-order valence-corrected chi connectivity index (χ3v) is 3.86. The lowest BCUT2D eigenvalue weighted by Crippen LogP contribution is -2.44. The number of hydrogen-bond donors (Lipinski definition) is 1. The van der Waals surface area contributed by atoms with Gasteiger partial charge in [-0.1, -0.05) is 0 Å². The first-order chi connectivity index (χ1) is 8.20. The maximum atomic E-state index is 11.3.